The Morgan fingerprint density at radius 3 is 2.20 bits per heavy atom. The van der Waals surface area contributed by atoms with Gasteiger partial charge in [-0.05, 0) is 64.0 Å². The van der Waals surface area contributed by atoms with Crippen LogP contribution in [0.3, 0.4) is 0 Å². The summed E-state index contributed by atoms with van der Waals surface area (Å²) >= 11 is 0. The minimum Gasteiger partial charge on any atom is -0.400 e. The van der Waals surface area contributed by atoms with Gasteiger partial charge in [-0.2, -0.15) is 13.2 Å². The number of benzene rings is 1. The normalized spacial score (nSPS) is 20.2. The number of hydrogen-bond donors (Lipinski definition) is 2. The highest BCUT2D eigenvalue weighted by molar-refractivity contribution is 6.55. The molecule has 0 bridgehead atoms. The maximum Gasteiger partial charge on any atom is 0.491 e. The van der Waals surface area contributed by atoms with Crippen molar-refractivity contribution >= 4 is 18.9 Å². The maximum absolute atomic E-state index is 13.0. The molecule has 1 aromatic rings. The van der Waals surface area contributed by atoms with Crippen LogP contribution in [0.5, 0.6) is 0 Å². The molecule has 25 heavy (non-hydrogen) atoms. The van der Waals surface area contributed by atoms with Crippen molar-refractivity contribution in [2.75, 3.05) is 19.3 Å². The number of alkyl halides is 3. The molecule has 1 aliphatic rings. The average molecular weight is 356 g/mol. The summed E-state index contributed by atoms with van der Waals surface area (Å²) in [7, 11) is 1.10. The standard InChI is InChI=1S/C17H24BF3N2O2/c1-15(2)16(3,4)25-18(24-15)13(10-23-5)7-11-6-12(17(19,20)21)9-14(22)8-11/h6-9,23H,10,22H2,1-5H3. The van der Waals surface area contributed by atoms with Gasteiger partial charge in [0, 0.05) is 12.2 Å². The number of halogens is 3. The molecule has 0 amide bonds. The van der Waals surface area contributed by atoms with Crippen LogP contribution in [0.25, 0.3) is 6.08 Å². The largest absolute Gasteiger partial charge is 0.491 e. The first-order valence-corrected chi connectivity index (χ1v) is 8.04. The average Bonchev–Trinajstić information content (AvgIpc) is 2.65. The van der Waals surface area contributed by atoms with Crippen molar-refractivity contribution < 1.29 is 22.5 Å². The van der Waals surface area contributed by atoms with Crippen LogP contribution in [0.2, 0.25) is 0 Å². The van der Waals surface area contributed by atoms with Crippen molar-refractivity contribution in [2.24, 2.45) is 0 Å². The van der Waals surface area contributed by atoms with Crippen molar-refractivity contribution in [3.63, 3.8) is 0 Å². The first kappa shape index (κ1) is 19.8. The van der Waals surface area contributed by atoms with E-state index in [1.165, 1.54) is 6.07 Å². The molecule has 1 saturated heterocycles. The van der Waals surface area contributed by atoms with E-state index >= 15 is 0 Å². The molecule has 0 saturated carbocycles. The maximum atomic E-state index is 13.0. The van der Waals surface area contributed by atoms with Crippen LogP contribution in [0, 0.1) is 0 Å². The predicted molar refractivity (Wildman–Crippen MR) is 93.8 cm³/mol. The first-order valence-electron chi connectivity index (χ1n) is 8.04. The quantitative estimate of drug-likeness (QED) is 0.640. The fourth-order valence-electron chi connectivity index (χ4n) is 2.54. The van der Waals surface area contributed by atoms with E-state index in [1.54, 1.807) is 13.1 Å². The molecular weight excluding hydrogens is 332 g/mol. The topological polar surface area (TPSA) is 56.5 Å². The van der Waals surface area contributed by atoms with Gasteiger partial charge in [0.2, 0.25) is 0 Å². The number of nitrogens with two attached hydrogens (primary N) is 1. The van der Waals surface area contributed by atoms with Crippen LogP contribution < -0.4 is 11.1 Å². The SMILES string of the molecule is CNCC(=Cc1cc(N)cc(C(F)(F)F)c1)B1OC(C)(C)C(C)(C)O1. The van der Waals surface area contributed by atoms with Crippen LogP contribution >= 0.6 is 0 Å². The molecule has 3 N–H and O–H groups in total. The van der Waals surface area contributed by atoms with E-state index in [9.17, 15) is 13.2 Å². The van der Waals surface area contributed by atoms with Gasteiger partial charge in [-0.15, -0.1) is 0 Å². The van der Waals surface area contributed by atoms with E-state index in [1.807, 2.05) is 27.7 Å². The van der Waals surface area contributed by atoms with Gasteiger partial charge in [0.05, 0.1) is 16.8 Å². The fourth-order valence-corrected chi connectivity index (χ4v) is 2.54. The monoisotopic (exact) mass is 356 g/mol. The molecule has 0 spiro atoms. The second kappa shape index (κ2) is 6.66. The van der Waals surface area contributed by atoms with E-state index < -0.39 is 30.1 Å². The minimum absolute atomic E-state index is 0.0544. The lowest BCUT2D eigenvalue weighted by Crippen LogP contribution is -2.41. The highest BCUT2D eigenvalue weighted by Gasteiger charge is 2.52. The number of nitrogens with one attached hydrogen (secondary N) is 1. The Morgan fingerprint density at radius 1 is 1.16 bits per heavy atom. The van der Waals surface area contributed by atoms with Crippen LogP contribution in [0.4, 0.5) is 18.9 Å². The van der Waals surface area contributed by atoms with Gasteiger partial charge in [0.25, 0.3) is 0 Å². The second-order valence-electron chi connectivity index (χ2n) is 7.22. The summed E-state index contributed by atoms with van der Waals surface area (Å²) in [5.74, 6) is 0. The van der Waals surface area contributed by atoms with Gasteiger partial charge in [0.15, 0.2) is 0 Å². The third kappa shape index (κ3) is 4.37. The van der Waals surface area contributed by atoms with E-state index in [4.69, 9.17) is 15.0 Å². The lowest BCUT2D eigenvalue weighted by atomic mass is 9.77. The summed E-state index contributed by atoms with van der Waals surface area (Å²) in [5, 5.41) is 3.00. The molecule has 0 atom stereocenters. The summed E-state index contributed by atoms with van der Waals surface area (Å²) in [4.78, 5) is 0. The molecule has 1 heterocycles. The summed E-state index contributed by atoms with van der Waals surface area (Å²) < 4.78 is 51.0. The summed E-state index contributed by atoms with van der Waals surface area (Å²) in [6, 6.07) is 3.48. The van der Waals surface area contributed by atoms with Crippen molar-refractivity contribution in [1.29, 1.82) is 0 Å². The van der Waals surface area contributed by atoms with Crippen LogP contribution in [0.1, 0.15) is 38.8 Å². The van der Waals surface area contributed by atoms with Crippen molar-refractivity contribution in [1.82, 2.24) is 5.32 Å². The number of likely N-dealkylation sites (N-methyl/N-ethyl adjacent to an activating group) is 1. The second-order valence-corrected chi connectivity index (χ2v) is 7.22. The van der Waals surface area contributed by atoms with Crippen LogP contribution in [-0.2, 0) is 15.5 Å². The molecule has 2 rings (SSSR count). The summed E-state index contributed by atoms with van der Waals surface area (Å²) in [5.41, 5.74) is 4.90. The van der Waals surface area contributed by atoms with Crippen LogP contribution in [0.15, 0.2) is 23.7 Å². The van der Waals surface area contributed by atoms with Gasteiger partial charge >= 0.3 is 13.3 Å². The number of hydrogen-bond acceptors (Lipinski definition) is 4. The summed E-state index contributed by atoms with van der Waals surface area (Å²) in [6.45, 7) is 8.10. The Labute approximate surface area is 146 Å². The molecule has 0 radical (unpaired) electrons. The van der Waals surface area contributed by atoms with Crippen molar-refractivity contribution in [3.8, 4) is 0 Å². The Morgan fingerprint density at radius 2 is 1.72 bits per heavy atom. The predicted octanol–water partition coefficient (Wildman–Crippen LogP) is 3.52. The third-order valence-corrected chi connectivity index (χ3v) is 4.59. The molecule has 1 aliphatic heterocycles. The van der Waals surface area contributed by atoms with Gasteiger partial charge in [0.1, 0.15) is 0 Å². The Bertz CT molecular complexity index is 656. The van der Waals surface area contributed by atoms with Gasteiger partial charge < -0.3 is 20.4 Å². The molecule has 8 heteroatoms. The molecule has 4 nitrogen and oxygen atoms in total. The van der Waals surface area contributed by atoms with Gasteiger partial charge in [-0.1, -0.05) is 6.08 Å². The van der Waals surface area contributed by atoms with Gasteiger partial charge in [-0.25, -0.2) is 0 Å². The molecule has 1 aromatic carbocycles. The first-order chi connectivity index (χ1) is 11.4. The van der Waals surface area contributed by atoms with Gasteiger partial charge in [-0.3, -0.25) is 0 Å². The zero-order valence-corrected chi connectivity index (χ0v) is 15.1. The van der Waals surface area contributed by atoms with Crippen molar-refractivity contribution in [2.45, 2.75) is 45.1 Å². The molecule has 0 unspecified atom stereocenters. The van der Waals surface area contributed by atoms with E-state index in [0.717, 1.165) is 12.1 Å². The minimum atomic E-state index is -4.45. The molecule has 0 aliphatic carbocycles. The van der Waals surface area contributed by atoms with E-state index in [0.29, 0.717) is 17.6 Å². The smallest absolute Gasteiger partial charge is 0.400 e. The molecule has 0 aromatic heterocycles. The molecular formula is C17H24BF3N2O2. The number of rotatable bonds is 4. The zero-order chi connectivity index (χ0) is 19.0. The lowest BCUT2D eigenvalue weighted by Gasteiger charge is -2.32. The van der Waals surface area contributed by atoms with Crippen LogP contribution in [-0.4, -0.2) is 31.9 Å². The molecule has 138 valence electrons. The highest BCUT2D eigenvalue weighted by atomic mass is 19.4. The molecule has 1 fully saturated rings. The zero-order valence-electron chi connectivity index (χ0n) is 15.1. The highest BCUT2D eigenvalue weighted by Crippen LogP contribution is 2.39. The Hall–Kier alpha value is -1.51. The summed E-state index contributed by atoms with van der Waals surface area (Å²) in [6.07, 6.45) is -2.82. The number of anilines is 1. The van der Waals surface area contributed by atoms with E-state index in [2.05, 4.69) is 5.32 Å². The number of nitrogen functional groups attached to an aromatic ring is 1. The van der Waals surface area contributed by atoms with Crippen molar-refractivity contribution in [3.05, 3.63) is 34.8 Å². The third-order valence-electron chi connectivity index (χ3n) is 4.59. The Balaban J connectivity index is 2.40. The van der Waals surface area contributed by atoms with E-state index in [-0.39, 0.29) is 5.69 Å². The lowest BCUT2D eigenvalue weighted by molar-refractivity contribution is -0.137. The fraction of sp³-hybridized carbons (Fsp3) is 0.529. The Kier molecular flexibility index (Phi) is 5.28.